The molecule has 0 unspecified atom stereocenters. The third-order valence-electron chi connectivity index (χ3n) is 8.22. The number of rotatable bonds is 6. The summed E-state index contributed by atoms with van der Waals surface area (Å²) in [5.41, 5.74) is 6.60. The molecule has 9 nitrogen and oxygen atoms in total. The molecule has 2 aromatic heterocycles. The molecule has 0 saturated carbocycles. The summed E-state index contributed by atoms with van der Waals surface area (Å²) >= 11 is 0. The van der Waals surface area contributed by atoms with Crippen LogP contribution < -0.4 is 14.2 Å². The predicted octanol–water partition coefficient (Wildman–Crippen LogP) is 5.89. The van der Waals surface area contributed by atoms with E-state index in [2.05, 4.69) is 45.2 Å². The van der Waals surface area contributed by atoms with Crippen molar-refractivity contribution in [3.63, 3.8) is 0 Å². The number of H-pyrrole nitrogens is 1. The number of methoxy groups -OCH3 is 1. The van der Waals surface area contributed by atoms with Crippen LogP contribution in [0.15, 0.2) is 36.5 Å². The van der Waals surface area contributed by atoms with Crippen LogP contribution in [0.3, 0.4) is 0 Å². The number of piperidine rings is 1. The van der Waals surface area contributed by atoms with Crippen molar-refractivity contribution in [1.29, 1.82) is 0 Å². The van der Waals surface area contributed by atoms with E-state index in [0.29, 0.717) is 18.4 Å². The molecule has 1 N–H and O–H groups in total. The summed E-state index contributed by atoms with van der Waals surface area (Å²) in [6.45, 7) is 12.9. The van der Waals surface area contributed by atoms with Crippen LogP contribution >= 0.6 is 0 Å². The number of aromatic amines is 1. The molecule has 1 saturated heterocycles. The van der Waals surface area contributed by atoms with E-state index in [0.717, 1.165) is 82.0 Å². The van der Waals surface area contributed by atoms with Crippen LogP contribution in [-0.2, 0) is 11.3 Å². The summed E-state index contributed by atoms with van der Waals surface area (Å²) in [6.07, 6.45) is 3.25. The fourth-order valence-electron chi connectivity index (χ4n) is 6.00. The van der Waals surface area contributed by atoms with Gasteiger partial charge in [0.1, 0.15) is 17.5 Å². The van der Waals surface area contributed by atoms with Gasteiger partial charge in [-0.2, -0.15) is 15.3 Å². The van der Waals surface area contributed by atoms with E-state index >= 15 is 0 Å². The molecule has 4 aromatic rings. The van der Waals surface area contributed by atoms with Gasteiger partial charge in [-0.1, -0.05) is 0 Å². The van der Waals surface area contributed by atoms with E-state index in [-0.39, 0.29) is 6.10 Å². The minimum atomic E-state index is -0.601. The van der Waals surface area contributed by atoms with Crippen LogP contribution in [0.5, 0.6) is 17.2 Å². The first kappa shape index (κ1) is 26.5. The van der Waals surface area contributed by atoms with Crippen LogP contribution in [0, 0.1) is 13.8 Å². The van der Waals surface area contributed by atoms with Crippen molar-refractivity contribution in [2.75, 3.05) is 20.2 Å². The summed E-state index contributed by atoms with van der Waals surface area (Å²) in [4.78, 5) is 2.46. The standard InChI is InChI=1S/C31H37N5O4/c1-18(2)36-11-9-31(10-12-36)38-17-23-13-22(14-27(37-6)30(23)40-31)29-25-15-24(7-8-26(25)34-35-29)39-21(5)28-19(3)16-32-33-20(28)4/h7-8,13-16,18,21H,9-12,17H2,1-6H3,(H,34,35)/t21-/m1/s1. The molecule has 0 amide bonds. The van der Waals surface area contributed by atoms with Gasteiger partial charge < -0.3 is 23.8 Å². The molecule has 0 bridgehead atoms. The van der Waals surface area contributed by atoms with Gasteiger partial charge in [-0.25, -0.2) is 0 Å². The molecule has 210 valence electrons. The van der Waals surface area contributed by atoms with Gasteiger partial charge in [-0.15, -0.1) is 0 Å². The minimum absolute atomic E-state index is 0.179. The number of aryl methyl sites for hydroxylation is 2. The van der Waals surface area contributed by atoms with Gasteiger partial charge in [-0.3, -0.25) is 5.10 Å². The first-order valence-corrected chi connectivity index (χ1v) is 14.0. The topological polar surface area (TPSA) is 94.6 Å². The highest BCUT2D eigenvalue weighted by Gasteiger charge is 2.42. The minimum Gasteiger partial charge on any atom is -0.493 e. The Morgan fingerprint density at radius 2 is 1.88 bits per heavy atom. The first-order chi connectivity index (χ1) is 19.3. The number of nitrogens with zero attached hydrogens (tertiary/aromatic N) is 4. The lowest BCUT2D eigenvalue weighted by Crippen LogP contribution is -2.52. The second kappa shape index (κ2) is 10.4. The monoisotopic (exact) mass is 543 g/mol. The van der Waals surface area contributed by atoms with Crippen molar-refractivity contribution < 1.29 is 18.9 Å². The van der Waals surface area contributed by atoms with Crippen LogP contribution in [0.1, 0.15) is 62.1 Å². The largest absolute Gasteiger partial charge is 0.493 e. The lowest BCUT2D eigenvalue weighted by molar-refractivity contribution is -0.230. The van der Waals surface area contributed by atoms with Crippen LogP contribution in [0.4, 0.5) is 0 Å². The van der Waals surface area contributed by atoms with E-state index < -0.39 is 5.79 Å². The highest BCUT2D eigenvalue weighted by Crippen LogP contribution is 2.45. The molecule has 40 heavy (non-hydrogen) atoms. The Balaban J connectivity index is 1.29. The SMILES string of the molecule is COc1cc(-c2n[nH]c3ccc(O[C@H](C)c4c(C)cnnc4C)cc23)cc2c1OC1(CCN(C(C)C)CC1)OC2. The van der Waals surface area contributed by atoms with E-state index in [9.17, 15) is 0 Å². The molecule has 2 aliphatic rings. The Morgan fingerprint density at radius 1 is 1.07 bits per heavy atom. The Morgan fingerprint density at radius 3 is 2.60 bits per heavy atom. The van der Waals surface area contributed by atoms with Crippen molar-refractivity contribution in [2.45, 2.75) is 72.0 Å². The summed E-state index contributed by atoms with van der Waals surface area (Å²) < 4.78 is 25.2. The van der Waals surface area contributed by atoms with E-state index in [1.807, 2.05) is 45.0 Å². The van der Waals surface area contributed by atoms with Gasteiger partial charge in [0.2, 0.25) is 5.79 Å². The average molecular weight is 544 g/mol. The number of fused-ring (bicyclic) bond motifs is 2. The highest BCUT2D eigenvalue weighted by atomic mass is 16.7. The molecule has 9 heteroatoms. The molecule has 1 spiro atoms. The van der Waals surface area contributed by atoms with E-state index in [1.165, 1.54) is 0 Å². The predicted molar refractivity (Wildman–Crippen MR) is 153 cm³/mol. The van der Waals surface area contributed by atoms with Crippen molar-refractivity contribution in [3.05, 3.63) is 58.9 Å². The fourth-order valence-corrected chi connectivity index (χ4v) is 6.00. The second-order valence-corrected chi connectivity index (χ2v) is 11.2. The molecule has 1 fully saturated rings. The lowest BCUT2D eigenvalue weighted by Gasteiger charge is -2.45. The lowest BCUT2D eigenvalue weighted by atomic mass is 9.98. The van der Waals surface area contributed by atoms with Crippen LogP contribution in [0.25, 0.3) is 22.2 Å². The number of likely N-dealkylation sites (tertiary alicyclic amines) is 1. The van der Waals surface area contributed by atoms with Gasteiger partial charge in [0.05, 0.1) is 31.1 Å². The maximum Gasteiger partial charge on any atom is 0.213 e. The second-order valence-electron chi connectivity index (χ2n) is 11.2. The molecule has 6 rings (SSSR count). The normalized spacial score (nSPS) is 17.6. The molecule has 0 radical (unpaired) electrons. The van der Waals surface area contributed by atoms with Crippen LogP contribution in [0.2, 0.25) is 0 Å². The summed E-state index contributed by atoms with van der Waals surface area (Å²) in [5, 5.41) is 17.0. The zero-order chi connectivity index (χ0) is 28.0. The quantitative estimate of drug-likeness (QED) is 0.322. The maximum absolute atomic E-state index is 6.56. The molecule has 2 aromatic carbocycles. The van der Waals surface area contributed by atoms with Crippen molar-refractivity contribution in [2.24, 2.45) is 0 Å². The van der Waals surface area contributed by atoms with Crippen molar-refractivity contribution in [3.8, 4) is 28.5 Å². The highest BCUT2D eigenvalue weighted by molar-refractivity contribution is 5.94. The summed E-state index contributed by atoms with van der Waals surface area (Å²) in [6, 6.07) is 10.6. The fraction of sp³-hybridized carbons (Fsp3) is 0.452. The number of nitrogens with one attached hydrogen (secondary N) is 1. The number of aromatic nitrogens is 4. The van der Waals surface area contributed by atoms with Crippen molar-refractivity contribution in [1.82, 2.24) is 25.3 Å². The van der Waals surface area contributed by atoms with Crippen LogP contribution in [-0.4, -0.2) is 57.3 Å². The molecular weight excluding hydrogens is 506 g/mol. The smallest absolute Gasteiger partial charge is 0.213 e. The number of benzene rings is 2. The van der Waals surface area contributed by atoms with Gasteiger partial charge in [0, 0.05) is 54.0 Å². The Bertz CT molecular complexity index is 1500. The Labute approximate surface area is 234 Å². The molecule has 0 aliphatic carbocycles. The molecule has 4 heterocycles. The summed E-state index contributed by atoms with van der Waals surface area (Å²) in [5.74, 6) is 1.61. The van der Waals surface area contributed by atoms with Gasteiger partial charge in [0.15, 0.2) is 11.5 Å². The summed E-state index contributed by atoms with van der Waals surface area (Å²) in [7, 11) is 1.68. The number of ether oxygens (including phenoxy) is 4. The molecule has 2 aliphatic heterocycles. The Hall–Kier alpha value is -3.69. The third kappa shape index (κ3) is 4.77. The number of hydrogen-bond donors (Lipinski definition) is 1. The average Bonchev–Trinajstić information content (AvgIpc) is 3.36. The molecular formula is C31H37N5O4. The third-order valence-corrected chi connectivity index (χ3v) is 8.22. The zero-order valence-corrected chi connectivity index (χ0v) is 24.1. The Kier molecular flexibility index (Phi) is 6.88. The van der Waals surface area contributed by atoms with Gasteiger partial charge in [0.25, 0.3) is 0 Å². The number of hydrogen-bond acceptors (Lipinski definition) is 8. The zero-order valence-electron chi connectivity index (χ0n) is 24.1. The van der Waals surface area contributed by atoms with Gasteiger partial charge >= 0.3 is 0 Å². The maximum atomic E-state index is 6.56. The van der Waals surface area contributed by atoms with Crippen molar-refractivity contribution >= 4 is 10.9 Å². The van der Waals surface area contributed by atoms with E-state index in [4.69, 9.17) is 18.9 Å². The first-order valence-electron chi connectivity index (χ1n) is 14.0. The van der Waals surface area contributed by atoms with Gasteiger partial charge in [-0.05, 0) is 70.5 Å². The van der Waals surface area contributed by atoms with E-state index in [1.54, 1.807) is 13.3 Å². The molecule has 1 atom stereocenters.